The molecule has 2 aromatic heterocycles. The highest BCUT2D eigenvalue weighted by Crippen LogP contribution is 2.28. The molecule has 0 spiro atoms. The van der Waals surface area contributed by atoms with E-state index in [1.807, 2.05) is 0 Å². The first-order chi connectivity index (χ1) is 16.0. The molecule has 0 bridgehead atoms. The fourth-order valence-corrected chi connectivity index (χ4v) is 3.38. The van der Waals surface area contributed by atoms with E-state index in [9.17, 15) is 13.6 Å². The molecule has 1 aliphatic rings. The van der Waals surface area contributed by atoms with E-state index < -0.39 is 17.5 Å². The topological polar surface area (TPSA) is 118 Å². The molecule has 3 aromatic rings. The second kappa shape index (κ2) is 10.3. The van der Waals surface area contributed by atoms with E-state index in [0.717, 1.165) is 38.3 Å². The third-order valence-corrected chi connectivity index (χ3v) is 5.11. The van der Waals surface area contributed by atoms with Crippen molar-refractivity contribution in [1.82, 2.24) is 25.2 Å². The van der Waals surface area contributed by atoms with E-state index in [2.05, 4.69) is 30.5 Å². The smallest absolute Gasteiger partial charge is 0.278 e. The Morgan fingerprint density at radius 2 is 2.03 bits per heavy atom. The lowest BCUT2D eigenvalue weighted by Crippen LogP contribution is -2.44. The van der Waals surface area contributed by atoms with Crippen LogP contribution in [0.25, 0.3) is 11.3 Å². The van der Waals surface area contributed by atoms with Crippen LogP contribution in [-0.4, -0.2) is 65.1 Å². The molecule has 0 saturated carbocycles. The van der Waals surface area contributed by atoms with Gasteiger partial charge in [-0.1, -0.05) is 0 Å². The van der Waals surface area contributed by atoms with Crippen LogP contribution >= 0.6 is 0 Å². The van der Waals surface area contributed by atoms with E-state index in [4.69, 9.17) is 10.5 Å². The highest BCUT2D eigenvalue weighted by Gasteiger charge is 2.19. The van der Waals surface area contributed by atoms with E-state index in [1.165, 1.54) is 12.4 Å². The summed E-state index contributed by atoms with van der Waals surface area (Å²) < 4.78 is 34.9. The number of piperazine rings is 1. The third-order valence-electron chi connectivity index (χ3n) is 5.11. The molecule has 11 heteroatoms. The number of aromatic nitrogens is 3. The number of anilines is 2. The van der Waals surface area contributed by atoms with Crippen LogP contribution in [0.1, 0.15) is 10.5 Å². The highest BCUT2D eigenvalue weighted by molar-refractivity contribution is 6.05. The largest absolute Gasteiger partial charge is 0.489 e. The van der Waals surface area contributed by atoms with E-state index >= 15 is 0 Å². The number of nitrogens with one attached hydrogen (secondary N) is 2. The van der Waals surface area contributed by atoms with Crippen molar-refractivity contribution in [3.8, 4) is 17.0 Å². The molecule has 172 valence electrons. The number of nitrogens with zero attached hydrogens (tertiary/aromatic N) is 4. The SMILES string of the molecule is Nc1ncc(-c2cc(F)c(OCCN3CCNCC3)cc2F)nc1C(=O)Nc1cccnc1. The number of pyridine rings is 1. The summed E-state index contributed by atoms with van der Waals surface area (Å²) in [6.45, 7) is 4.39. The summed E-state index contributed by atoms with van der Waals surface area (Å²) in [5.41, 5.74) is 5.79. The molecule has 4 N–H and O–H groups in total. The lowest BCUT2D eigenvalue weighted by atomic mass is 10.1. The number of rotatable bonds is 7. The van der Waals surface area contributed by atoms with Crippen LogP contribution in [0.2, 0.25) is 0 Å². The van der Waals surface area contributed by atoms with Gasteiger partial charge in [-0.05, 0) is 18.2 Å². The number of carbonyl (C=O) groups is 1. The summed E-state index contributed by atoms with van der Waals surface area (Å²) in [5.74, 6) is -2.49. The number of hydrogen-bond acceptors (Lipinski definition) is 8. The van der Waals surface area contributed by atoms with Gasteiger partial charge in [-0.3, -0.25) is 14.7 Å². The van der Waals surface area contributed by atoms with Crippen LogP contribution in [0.4, 0.5) is 20.3 Å². The molecule has 0 aliphatic carbocycles. The molecule has 0 radical (unpaired) electrons. The zero-order valence-electron chi connectivity index (χ0n) is 17.7. The molecule has 4 rings (SSSR count). The zero-order valence-corrected chi connectivity index (χ0v) is 17.7. The van der Waals surface area contributed by atoms with Crippen molar-refractivity contribution in [2.45, 2.75) is 0 Å². The highest BCUT2D eigenvalue weighted by atomic mass is 19.1. The third kappa shape index (κ3) is 5.57. The summed E-state index contributed by atoms with van der Waals surface area (Å²) in [6, 6.07) is 5.22. The number of carbonyl (C=O) groups excluding carboxylic acids is 1. The van der Waals surface area contributed by atoms with Crippen LogP contribution in [-0.2, 0) is 0 Å². The molecule has 1 saturated heterocycles. The summed E-state index contributed by atoms with van der Waals surface area (Å²) in [6.07, 6.45) is 4.18. The van der Waals surface area contributed by atoms with Crippen molar-refractivity contribution >= 4 is 17.4 Å². The Labute approximate surface area is 189 Å². The van der Waals surface area contributed by atoms with Crippen molar-refractivity contribution in [1.29, 1.82) is 0 Å². The van der Waals surface area contributed by atoms with Gasteiger partial charge in [0.2, 0.25) is 0 Å². The number of nitrogen functional groups attached to an aromatic ring is 1. The minimum absolute atomic E-state index is 0.0377. The van der Waals surface area contributed by atoms with Gasteiger partial charge < -0.3 is 21.1 Å². The number of amides is 1. The fraction of sp³-hybridized carbons (Fsp3) is 0.273. The number of ether oxygens (including phenoxy) is 1. The van der Waals surface area contributed by atoms with Crippen molar-refractivity contribution in [2.75, 3.05) is 50.4 Å². The van der Waals surface area contributed by atoms with Crippen molar-refractivity contribution in [3.05, 3.63) is 60.2 Å². The lowest BCUT2D eigenvalue weighted by molar-refractivity contribution is 0.102. The van der Waals surface area contributed by atoms with Crippen LogP contribution in [0.5, 0.6) is 5.75 Å². The quantitative estimate of drug-likeness (QED) is 0.495. The van der Waals surface area contributed by atoms with Gasteiger partial charge in [0, 0.05) is 50.6 Å². The van der Waals surface area contributed by atoms with Gasteiger partial charge in [-0.25, -0.2) is 18.7 Å². The molecular weight excluding hydrogens is 432 g/mol. The molecule has 3 heterocycles. The van der Waals surface area contributed by atoms with Gasteiger partial charge in [0.05, 0.1) is 23.8 Å². The first kappa shape index (κ1) is 22.5. The summed E-state index contributed by atoms with van der Waals surface area (Å²) in [7, 11) is 0. The van der Waals surface area contributed by atoms with E-state index in [1.54, 1.807) is 18.3 Å². The maximum Gasteiger partial charge on any atom is 0.278 e. The molecule has 0 unspecified atom stereocenters. The number of halogens is 2. The van der Waals surface area contributed by atoms with E-state index in [-0.39, 0.29) is 35.1 Å². The normalized spacial score (nSPS) is 14.1. The van der Waals surface area contributed by atoms with Gasteiger partial charge in [0.25, 0.3) is 5.91 Å². The van der Waals surface area contributed by atoms with Crippen LogP contribution in [0.3, 0.4) is 0 Å². The first-order valence-corrected chi connectivity index (χ1v) is 10.4. The Morgan fingerprint density at radius 3 is 2.79 bits per heavy atom. The summed E-state index contributed by atoms with van der Waals surface area (Å²) >= 11 is 0. The van der Waals surface area contributed by atoms with Gasteiger partial charge in [-0.15, -0.1) is 0 Å². The molecule has 1 aromatic carbocycles. The Morgan fingerprint density at radius 1 is 1.21 bits per heavy atom. The van der Waals surface area contributed by atoms with Crippen molar-refractivity contribution in [3.63, 3.8) is 0 Å². The van der Waals surface area contributed by atoms with E-state index in [0.29, 0.717) is 12.2 Å². The summed E-state index contributed by atoms with van der Waals surface area (Å²) in [4.78, 5) is 26.7. The van der Waals surface area contributed by atoms with Gasteiger partial charge in [0.1, 0.15) is 12.4 Å². The Bertz CT molecular complexity index is 1130. The fourth-order valence-electron chi connectivity index (χ4n) is 3.38. The standard InChI is InChI=1S/C22H23F2N7O2/c23-16-11-19(33-9-8-31-6-4-26-5-7-31)17(24)10-15(16)18-13-28-21(25)20(30-18)22(32)29-14-2-1-3-27-12-14/h1-3,10-13,26H,4-9H2,(H2,25,28)(H,29,32). The predicted molar refractivity (Wildman–Crippen MR) is 119 cm³/mol. The first-order valence-electron chi connectivity index (χ1n) is 10.4. The average Bonchev–Trinajstić information content (AvgIpc) is 2.83. The lowest BCUT2D eigenvalue weighted by Gasteiger charge is -2.26. The molecule has 33 heavy (non-hydrogen) atoms. The summed E-state index contributed by atoms with van der Waals surface area (Å²) in [5, 5.41) is 5.83. The molecule has 0 atom stereocenters. The number of nitrogens with two attached hydrogens (primary N) is 1. The molecule has 1 amide bonds. The molecular formula is C22H23F2N7O2. The second-order valence-electron chi connectivity index (χ2n) is 7.39. The maximum absolute atomic E-state index is 14.8. The van der Waals surface area contributed by atoms with Crippen LogP contribution < -0.4 is 21.1 Å². The van der Waals surface area contributed by atoms with Crippen molar-refractivity contribution < 1.29 is 18.3 Å². The second-order valence-corrected chi connectivity index (χ2v) is 7.39. The van der Waals surface area contributed by atoms with Gasteiger partial charge in [-0.2, -0.15) is 0 Å². The van der Waals surface area contributed by atoms with Crippen LogP contribution in [0, 0.1) is 11.6 Å². The monoisotopic (exact) mass is 455 g/mol. The van der Waals surface area contributed by atoms with Crippen molar-refractivity contribution in [2.24, 2.45) is 0 Å². The van der Waals surface area contributed by atoms with Gasteiger partial charge >= 0.3 is 0 Å². The van der Waals surface area contributed by atoms with Gasteiger partial charge in [0.15, 0.2) is 23.1 Å². The van der Waals surface area contributed by atoms with Crippen LogP contribution in [0.15, 0.2) is 42.9 Å². The number of benzene rings is 1. The zero-order chi connectivity index (χ0) is 23.2. The predicted octanol–water partition coefficient (Wildman–Crippen LogP) is 1.94. The average molecular weight is 455 g/mol. The Hall–Kier alpha value is -3.70. The molecule has 1 fully saturated rings. The Balaban J connectivity index is 1.49. The Kier molecular flexibility index (Phi) is 7.01. The minimum atomic E-state index is -0.758. The molecule has 9 nitrogen and oxygen atoms in total. The minimum Gasteiger partial charge on any atom is -0.489 e. The molecule has 1 aliphatic heterocycles. The maximum atomic E-state index is 14.8. The number of hydrogen-bond donors (Lipinski definition) is 3.